The highest BCUT2D eigenvalue weighted by Crippen LogP contribution is 2.19. The Labute approximate surface area is 453 Å². The second-order valence-corrected chi connectivity index (χ2v) is 23.2. The number of allylic oxidation sites excluding steroid dienone is 4. The first kappa shape index (κ1) is 70.9. The topological polar surface area (TPSA) is 69.6 Å². The number of rotatable bonds is 63. The summed E-state index contributed by atoms with van der Waals surface area (Å²) in [5, 5.41) is 23.5. The highest BCUT2D eigenvalue weighted by Gasteiger charge is 2.20. The van der Waals surface area contributed by atoms with E-state index in [-0.39, 0.29) is 12.5 Å². The van der Waals surface area contributed by atoms with Crippen molar-refractivity contribution in [3.8, 4) is 0 Å². The van der Waals surface area contributed by atoms with Crippen LogP contribution in [0.4, 0.5) is 0 Å². The Hall–Kier alpha value is -1.13. The zero-order chi connectivity index (χ0) is 52.0. The Balaban J connectivity index is 3.38. The number of aliphatic hydroxyl groups is 2. The third-order valence-electron chi connectivity index (χ3n) is 16.0. The lowest BCUT2D eigenvalue weighted by atomic mass is 10.0. The smallest absolute Gasteiger partial charge is 0.220 e. The van der Waals surface area contributed by atoms with E-state index in [2.05, 4.69) is 43.5 Å². The third-order valence-corrected chi connectivity index (χ3v) is 16.0. The minimum absolute atomic E-state index is 0.0222. The zero-order valence-corrected chi connectivity index (χ0v) is 49.5. The molecule has 428 valence electrons. The molecule has 0 aliphatic carbocycles. The molecule has 0 bridgehead atoms. The van der Waals surface area contributed by atoms with E-state index >= 15 is 0 Å². The molecule has 0 aromatic rings. The van der Waals surface area contributed by atoms with Gasteiger partial charge in [-0.3, -0.25) is 4.79 Å². The summed E-state index contributed by atoms with van der Waals surface area (Å²) in [5.74, 6) is -0.0222. The van der Waals surface area contributed by atoms with Crippen molar-refractivity contribution in [1.82, 2.24) is 5.32 Å². The fourth-order valence-corrected chi connectivity index (χ4v) is 10.9. The Morgan fingerprint density at radius 2 is 0.569 bits per heavy atom. The number of aliphatic hydroxyl groups excluding tert-OH is 2. The predicted molar refractivity (Wildman–Crippen MR) is 322 cm³/mol. The van der Waals surface area contributed by atoms with E-state index in [1.54, 1.807) is 0 Å². The molecular formula is C68H133NO3. The first-order chi connectivity index (χ1) is 35.7. The van der Waals surface area contributed by atoms with Gasteiger partial charge in [-0.25, -0.2) is 0 Å². The maximum atomic E-state index is 12.5. The van der Waals surface area contributed by atoms with E-state index in [4.69, 9.17) is 0 Å². The summed E-state index contributed by atoms with van der Waals surface area (Å²) >= 11 is 0. The van der Waals surface area contributed by atoms with Gasteiger partial charge in [-0.2, -0.15) is 0 Å². The molecule has 0 saturated heterocycles. The molecule has 4 nitrogen and oxygen atoms in total. The van der Waals surface area contributed by atoms with Crippen molar-refractivity contribution >= 4 is 5.91 Å². The summed E-state index contributed by atoms with van der Waals surface area (Å²) in [6.45, 7) is 4.40. The van der Waals surface area contributed by atoms with Crippen molar-refractivity contribution in [3.05, 3.63) is 24.3 Å². The third kappa shape index (κ3) is 59.7. The summed E-state index contributed by atoms with van der Waals surface area (Å²) in [7, 11) is 0. The van der Waals surface area contributed by atoms with Crippen LogP contribution in [0.5, 0.6) is 0 Å². The van der Waals surface area contributed by atoms with Crippen molar-refractivity contribution in [2.45, 2.75) is 398 Å². The summed E-state index contributed by atoms with van der Waals surface area (Å²) in [5.41, 5.74) is 0. The molecule has 4 heteroatoms. The van der Waals surface area contributed by atoms with Crippen LogP contribution < -0.4 is 5.32 Å². The largest absolute Gasteiger partial charge is 0.394 e. The molecule has 0 aliphatic heterocycles. The maximum Gasteiger partial charge on any atom is 0.220 e. The van der Waals surface area contributed by atoms with E-state index in [9.17, 15) is 15.0 Å². The number of amides is 1. The molecule has 0 saturated carbocycles. The van der Waals surface area contributed by atoms with Gasteiger partial charge >= 0.3 is 0 Å². The van der Waals surface area contributed by atoms with E-state index in [0.29, 0.717) is 12.8 Å². The van der Waals surface area contributed by atoms with Crippen LogP contribution in [-0.2, 0) is 4.79 Å². The van der Waals surface area contributed by atoms with Crippen molar-refractivity contribution in [1.29, 1.82) is 0 Å². The van der Waals surface area contributed by atoms with Crippen molar-refractivity contribution in [3.63, 3.8) is 0 Å². The molecule has 0 rings (SSSR count). The lowest BCUT2D eigenvalue weighted by molar-refractivity contribution is -0.123. The molecular weight excluding hydrogens is 879 g/mol. The van der Waals surface area contributed by atoms with Crippen LogP contribution in [-0.4, -0.2) is 34.9 Å². The highest BCUT2D eigenvalue weighted by molar-refractivity contribution is 5.76. The average Bonchev–Trinajstić information content (AvgIpc) is 3.39. The minimum Gasteiger partial charge on any atom is -0.394 e. The number of hydrogen-bond acceptors (Lipinski definition) is 3. The second kappa shape index (κ2) is 64.2. The molecule has 2 atom stereocenters. The van der Waals surface area contributed by atoms with Crippen LogP contribution in [0.1, 0.15) is 386 Å². The Morgan fingerprint density at radius 3 is 0.833 bits per heavy atom. The van der Waals surface area contributed by atoms with Gasteiger partial charge in [-0.15, -0.1) is 0 Å². The lowest BCUT2D eigenvalue weighted by Crippen LogP contribution is -2.45. The van der Waals surface area contributed by atoms with Gasteiger partial charge in [0.25, 0.3) is 0 Å². The molecule has 0 radical (unpaired) electrons. The quantitative estimate of drug-likeness (QED) is 0.0420. The van der Waals surface area contributed by atoms with Crippen molar-refractivity contribution in [2.24, 2.45) is 0 Å². The van der Waals surface area contributed by atoms with E-state index < -0.39 is 12.1 Å². The fraction of sp³-hybridized carbons (Fsp3) is 0.926. The number of nitrogens with one attached hydrogen (secondary N) is 1. The Kier molecular flexibility index (Phi) is 63.2. The molecule has 3 N–H and O–H groups in total. The van der Waals surface area contributed by atoms with Crippen LogP contribution >= 0.6 is 0 Å². The molecule has 0 fully saturated rings. The molecule has 0 aromatic heterocycles. The van der Waals surface area contributed by atoms with Gasteiger partial charge in [0.05, 0.1) is 18.8 Å². The molecule has 0 aromatic carbocycles. The van der Waals surface area contributed by atoms with Gasteiger partial charge < -0.3 is 15.5 Å². The maximum absolute atomic E-state index is 12.5. The Bertz CT molecular complexity index is 1060. The zero-order valence-electron chi connectivity index (χ0n) is 49.5. The van der Waals surface area contributed by atoms with Gasteiger partial charge in [0.1, 0.15) is 0 Å². The summed E-state index contributed by atoms with van der Waals surface area (Å²) < 4.78 is 0. The van der Waals surface area contributed by atoms with Crippen LogP contribution in [0.2, 0.25) is 0 Å². The number of carbonyl (C=O) groups is 1. The van der Waals surface area contributed by atoms with Gasteiger partial charge in [-0.05, 0) is 44.9 Å². The minimum atomic E-state index is -0.658. The molecule has 0 heterocycles. The summed E-state index contributed by atoms with van der Waals surface area (Å²) in [4.78, 5) is 12.5. The van der Waals surface area contributed by atoms with Crippen molar-refractivity contribution < 1.29 is 15.0 Å². The van der Waals surface area contributed by atoms with Gasteiger partial charge in [-0.1, -0.05) is 359 Å². The average molecular weight is 1010 g/mol. The van der Waals surface area contributed by atoms with Crippen LogP contribution in [0, 0.1) is 0 Å². The monoisotopic (exact) mass is 1010 g/mol. The first-order valence-corrected chi connectivity index (χ1v) is 33.5. The molecule has 1 amide bonds. The van der Waals surface area contributed by atoms with E-state index in [1.807, 2.05) is 0 Å². The number of carbonyl (C=O) groups excluding carboxylic acids is 1. The Morgan fingerprint density at radius 1 is 0.333 bits per heavy atom. The van der Waals surface area contributed by atoms with Gasteiger partial charge in [0.2, 0.25) is 5.91 Å². The van der Waals surface area contributed by atoms with Crippen LogP contribution in [0.3, 0.4) is 0 Å². The fourth-order valence-electron chi connectivity index (χ4n) is 10.9. The highest BCUT2D eigenvalue weighted by atomic mass is 16.3. The lowest BCUT2D eigenvalue weighted by Gasteiger charge is -2.22. The molecule has 0 aliphatic rings. The summed E-state index contributed by atoms with van der Waals surface area (Å²) in [6.07, 6.45) is 86.5. The first-order valence-electron chi connectivity index (χ1n) is 33.5. The van der Waals surface area contributed by atoms with Crippen molar-refractivity contribution in [2.75, 3.05) is 6.61 Å². The second-order valence-electron chi connectivity index (χ2n) is 23.2. The molecule has 72 heavy (non-hydrogen) atoms. The molecule has 0 spiro atoms. The van der Waals surface area contributed by atoms with E-state index in [0.717, 1.165) is 32.1 Å². The predicted octanol–water partition coefficient (Wildman–Crippen LogP) is 22.6. The van der Waals surface area contributed by atoms with E-state index in [1.165, 1.54) is 327 Å². The standard InChI is InChI=1S/C68H133NO3/c1-3-5-7-9-11-13-15-17-19-21-23-25-27-29-31-32-33-34-35-36-38-40-42-44-46-48-50-52-54-56-58-60-62-64-68(72)69-66(65-70)67(71)63-61-59-57-55-53-51-49-47-45-43-41-39-37-30-28-26-24-22-20-18-16-14-12-10-8-6-4-2/h15,17,21,23,66-67,70-71H,3-14,16,18-20,22,24-65H2,1-2H3,(H,69,72)/b17-15-,23-21-. The summed E-state index contributed by atoms with van der Waals surface area (Å²) in [6, 6.07) is -0.535. The van der Waals surface area contributed by atoms with Crippen LogP contribution in [0.15, 0.2) is 24.3 Å². The molecule has 2 unspecified atom stereocenters. The number of unbranched alkanes of at least 4 members (excludes halogenated alkanes) is 52. The van der Waals surface area contributed by atoms with Gasteiger partial charge in [0, 0.05) is 6.42 Å². The number of hydrogen-bond donors (Lipinski definition) is 3. The normalized spacial score (nSPS) is 12.8. The van der Waals surface area contributed by atoms with Crippen LogP contribution in [0.25, 0.3) is 0 Å². The SMILES string of the molecule is CCCCCCC/C=C\C/C=C\CCCCCCCCCCCCCCCCCCCCCCCC(=O)NC(CO)C(O)CCCCCCCCCCCCCCCCCCCCCCCCCCCCC. The van der Waals surface area contributed by atoms with Gasteiger partial charge in [0.15, 0.2) is 0 Å².